The smallest absolute Gasteiger partial charge is 0.110 e. The Bertz CT molecular complexity index is 142. The van der Waals surface area contributed by atoms with Gasteiger partial charge in [0.1, 0.15) is 5.84 Å². The number of hydrogen-bond acceptors (Lipinski definition) is 2. The molecule has 3 heteroatoms. The SMILES string of the molecule is C=CCN1CCNCC1=N. The fourth-order valence-corrected chi connectivity index (χ4v) is 1.02. The van der Waals surface area contributed by atoms with Crippen molar-refractivity contribution in [3.63, 3.8) is 0 Å². The molecule has 0 unspecified atom stereocenters. The topological polar surface area (TPSA) is 39.1 Å². The summed E-state index contributed by atoms with van der Waals surface area (Å²) >= 11 is 0. The van der Waals surface area contributed by atoms with E-state index < -0.39 is 0 Å². The highest BCUT2D eigenvalue weighted by atomic mass is 15.2. The molecular weight excluding hydrogens is 126 g/mol. The monoisotopic (exact) mass is 139 g/mol. The average molecular weight is 139 g/mol. The first-order valence-electron chi connectivity index (χ1n) is 3.48. The molecular formula is C7H13N3. The van der Waals surface area contributed by atoms with Crippen LogP contribution in [0.25, 0.3) is 0 Å². The minimum atomic E-state index is 0.672. The summed E-state index contributed by atoms with van der Waals surface area (Å²) in [5.74, 6) is 0.672. The summed E-state index contributed by atoms with van der Waals surface area (Å²) in [6.07, 6.45) is 1.83. The fraction of sp³-hybridized carbons (Fsp3) is 0.571. The maximum Gasteiger partial charge on any atom is 0.110 e. The summed E-state index contributed by atoms with van der Waals surface area (Å²) in [4.78, 5) is 2.02. The Kier molecular flexibility index (Phi) is 2.45. The van der Waals surface area contributed by atoms with E-state index in [1.54, 1.807) is 0 Å². The van der Waals surface area contributed by atoms with Crippen molar-refractivity contribution in [2.45, 2.75) is 0 Å². The van der Waals surface area contributed by atoms with Gasteiger partial charge in [0.05, 0.1) is 6.54 Å². The highest BCUT2D eigenvalue weighted by Crippen LogP contribution is 1.93. The van der Waals surface area contributed by atoms with E-state index in [0.29, 0.717) is 12.4 Å². The lowest BCUT2D eigenvalue weighted by Crippen LogP contribution is -2.47. The number of rotatable bonds is 2. The minimum absolute atomic E-state index is 0.672. The summed E-state index contributed by atoms with van der Waals surface area (Å²) in [6.45, 7) is 7.06. The Morgan fingerprint density at radius 1 is 1.80 bits per heavy atom. The summed E-state index contributed by atoms with van der Waals surface area (Å²) in [7, 11) is 0. The van der Waals surface area contributed by atoms with Crippen LogP contribution in [0.3, 0.4) is 0 Å². The predicted molar refractivity (Wildman–Crippen MR) is 42.4 cm³/mol. The summed E-state index contributed by atoms with van der Waals surface area (Å²) in [5.41, 5.74) is 0. The molecule has 1 saturated heterocycles. The number of nitrogens with one attached hydrogen (secondary N) is 2. The van der Waals surface area contributed by atoms with Gasteiger partial charge in [-0.15, -0.1) is 6.58 Å². The van der Waals surface area contributed by atoms with Crippen LogP contribution < -0.4 is 5.32 Å². The average Bonchev–Trinajstić information content (AvgIpc) is 1.94. The molecule has 1 aliphatic heterocycles. The molecule has 0 spiro atoms. The number of nitrogens with zero attached hydrogens (tertiary/aromatic N) is 1. The van der Waals surface area contributed by atoms with Crippen molar-refractivity contribution in [1.82, 2.24) is 10.2 Å². The van der Waals surface area contributed by atoms with E-state index in [1.165, 1.54) is 0 Å². The van der Waals surface area contributed by atoms with Crippen molar-refractivity contribution in [1.29, 1.82) is 5.41 Å². The third kappa shape index (κ3) is 1.57. The van der Waals surface area contributed by atoms with Crippen LogP contribution in [0.1, 0.15) is 0 Å². The quantitative estimate of drug-likeness (QED) is 0.531. The van der Waals surface area contributed by atoms with E-state index in [4.69, 9.17) is 5.41 Å². The van der Waals surface area contributed by atoms with E-state index in [-0.39, 0.29) is 0 Å². The van der Waals surface area contributed by atoms with Crippen molar-refractivity contribution in [2.24, 2.45) is 0 Å². The van der Waals surface area contributed by atoms with Gasteiger partial charge in [0.25, 0.3) is 0 Å². The van der Waals surface area contributed by atoms with E-state index in [1.807, 2.05) is 11.0 Å². The van der Waals surface area contributed by atoms with Gasteiger partial charge in [-0.05, 0) is 0 Å². The van der Waals surface area contributed by atoms with Gasteiger partial charge < -0.3 is 10.2 Å². The molecule has 0 aliphatic carbocycles. The van der Waals surface area contributed by atoms with Gasteiger partial charge in [-0.1, -0.05) is 6.08 Å². The van der Waals surface area contributed by atoms with Crippen LogP contribution in [0.2, 0.25) is 0 Å². The first-order valence-corrected chi connectivity index (χ1v) is 3.48. The molecule has 0 atom stereocenters. The predicted octanol–water partition coefficient (Wildman–Crippen LogP) is 0.0549. The normalized spacial score (nSPS) is 19.2. The zero-order valence-corrected chi connectivity index (χ0v) is 6.06. The van der Waals surface area contributed by atoms with Gasteiger partial charge in [-0.25, -0.2) is 0 Å². The molecule has 0 aromatic carbocycles. The second-order valence-corrected chi connectivity index (χ2v) is 2.36. The van der Waals surface area contributed by atoms with Gasteiger partial charge in [-0.3, -0.25) is 5.41 Å². The van der Waals surface area contributed by atoms with Crippen molar-refractivity contribution in [2.75, 3.05) is 26.2 Å². The summed E-state index contributed by atoms with van der Waals surface area (Å²) in [6, 6.07) is 0. The van der Waals surface area contributed by atoms with Crippen LogP contribution >= 0.6 is 0 Å². The maximum atomic E-state index is 7.46. The third-order valence-corrected chi connectivity index (χ3v) is 1.58. The van der Waals surface area contributed by atoms with Crippen LogP contribution in [-0.2, 0) is 0 Å². The van der Waals surface area contributed by atoms with Gasteiger partial charge in [-0.2, -0.15) is 0 Å². The molecule has 56 valence electrons. The van der Waals surface area contributed by atoms with Gasteiger partial charge in [0.15, 0.2) is 0 Å². The van der Waals surface area contributed by atoms with Crippen molar-refractivity contribution in [3.8, 4) is 0 Å². The molecule has 1 fully saturated rings. The van der Waals surface area contributed by atoms with Crippen LogP contribution in [0.5, 0.6) is 0 Å². The van der Waals surface area contributed by atoms with Gasteiger partial charge in [0, 0.05) is 19.6 Å². The van der Waals surface area contributed by atoms with Crippen LogP contribution in [-0.4, -0.2) is 36.9 Å². The molecule has 0 bridgehead atoms. The van der Waals surface area contributed by atoms with Crippen LogP contribution in [0.4, 0.5) is 0 Å². The van der Waals surface area contributed by atoms with E-state index in [0.717, 1.165) is 19.6 Å². The second kappa shape index (κ2) is 3.37. The molecule has 0 radical (unpaired) electrons. The number of piperazine rings is 1. The largest absolute Gasteiger partial charge is 0.354 e. The first-order chi connectivity index (χ1) is 4.84. The third-order valence-electron chi connectivity index (χ3n) is 1.58. The lowest BCUT2D eigenvalue weighted by atomic mass is 10.3. The molecule has 2 N–H and O–H groups in total. The molecule has 0 amide bonds. The lowest BCUT2D eigenvalue weighted by Gasteiger charge is -2.28. The van der Waals surface area contributed by atoms with E-state index in [9.17, 15) is 0 Å². The second-order valence-electron chi connectivity index (χ2n) is 2.36. The molecule has 1 heterocycles. The maximum absolute atomic E-state index is 7.46. The summed E-state index contributed by atoms with van der Waals surface area (Å²) in [5, 5.41) is 10.6. The Hall–Kier alpha value is -0.830. The van der Waals surface area contributed by atoms with Crippen LogP contribution in [0, 0.1) is 5.41 Å². The zero-order chi connectivity index (χ0) is 7.40. The summed E-state index contributed by atoms with van der Waals surface area (Å²) < 4.78 is 0. The Morgan fingerprint density at radius 2 is 2.60 bits per heavy atom. The van der Waals surface area contributed by atoms with Crippen molar-refractivity contribution in [3.05, 3.63) is 12.7 Å². The minimum Gasteiger partial charge on any atom is -0.354 e. The van der Waals surface area contributed by atoms with Crippen molar-refractivity contribution >= 4 is 5.84 Å². The standard InChI is InChI=1S/C7H13N3/c1-2-4-10-5-3-9-6-7(10)8/h2,8-9H,1,3-6H2. The first kappa shape index (κ1) is 7.28. The molecule has 0 aromatic heterocycles. The molecule has 1 aliphatic rings. The Labute approximate surface area is 61.2 Å². The van der Waals surface area contributed by atoms with E-state index >= 15 is 0 Å². The molecule has 1 rings (SSSR count). The van der Waals surface area contributed by atoms with Gasteiger partial charge in [0.2, 0.25) is 0 Å². The molecule has 10 heavy (non-hydrogen) atoms. The zero-order valence-electron chi connectivity index (χ0n) is 6.06. The fourth-order valence-electron chi connectivity index (χ4n) is 1.02. The highest BCUT2D eigenvalue weighted by Gasteiger charge is 2.11. The highest BCUT2D eigenvalue weighted by molar-refractivity contribution is 5.81. The number of amidine groups is 1. The lowest BCUT2D eigenvalue weighted by molar-refractivity contribution is 0.410. The molecule has 0 saturated carbocycles. The Morgan fingerprint density at radius 3 is 3.20 bits per heavy atom. The molecule has 3 nitrogen and oxygen atoms in total. The van der Waals surface area contributed by atoms with Gasteiger partial charge >= 0.3 is 0 Å². The van der Waals surface area contributed by atoms with E-state index in [2.05, 4.69) is 11.9 Å². The number of hydrogen-bond donors (Lipinski definition) is 2. The van der Waals surface area contributed by atoms with Crippen LogP contribution in [0.15, 0.2) is 12.7 Å². The Balaban J connectivity index is 2.39. The van der Waals surface area contributed by atoms with Crippen molar-refractivity contribution < 1.29 is 0 Å². The molecule has 0 aromatic rings.